The van der Waals surface area contributed by atoms with Crippen molar-refractivity contribution in [1.82, 2.24) is 14.8 Å². The highest BCUT2D eigenvalue weighted by atomic mass is 19.1. The van der Waals surface area contributed by atoms with E-state index >= 15 is 0 Å². The molecule has 0 amide bonds. The average molecular weight is 286 g/mol. The molecule has 4 nitrogen and oxygen atoms in total. The molecule has 0 fully saturated rings. The van der Waals surface area contributed by atoms with E-state index in [0.717, 1.165) is 23.8 Å². The van der Waals surface area contributed by atoms with Crippen LogP contribution in [0, 0.1) is 18.6 Å². The number of nitrogen functional groups attached to an aromatic ring is 1. The van der Waals surface area contributed by atoms with Gasteiger partial charge in [0.05, 0.1) is 11.9 Å². The zero-order chi connectivity index (χ0) is 15.0. The van der Waals surface area contributed by atoms with E-state index in [0.29, 0.717) is 5.82 Å². The van der Waals surface area contributed by atoms with Gasteiger partial charge in [-0.3, -0.25) is 0 Å². The molecule has 0 aliphatic heterocycles. The van der Waals surface area contributed by atoms with Gasteiger partial charge in [-0.2, -0.15) is 5.10 Å². The Balaban J connectivity index is 2.12. The lowest BCUT2D eigenvalue weighted by molar-refractivity contribution is 0.602. The maximum Gasteiger partial charge on any atom is 0.153 e. The van der Waals surface area contributed by atoms with Crippen molar-refractivity contribution >= 4 is 5.69 Å². The first-order valence-electron chi connectivity index (χ1n) is 6.28. The first-order chi connectivity index (χ1) is 10.0. The smallest absolute Gasteiger partial charge is 0.153 e. The van der Waals surface area contributed by atoms with E-state index in [9.17, 15) is 8.78 Å². The fourth-order valence-electron chi connectivity index (χ4n) is 2.04. The molecule has 3 rings (SSSR count). The SMILES string of the molecule is Cc1ccnc(-n2cc(N)c(-c3cc(F)ccc3F)n2)c1. The van der Waals surface area contributed by atoms with Gasteiger partial charge in [-0.1, -0.05) is 0 Å². The third kappa shape index (κ3) is 2.47. The highest BCUT2D eigenvalue weighted by molar-refractivity contribution is 5.72. The van der Waals surface area contributed by atoms with E-state index in [2.05, 4.69) is 10.1 Å². The maximum atomic E-state index is 13.8. The molecule has 0 saturated heterocycles. The lowest BCUT2D eigenvalue weighted by Crippen LogP contribution is -1.98. The normalized spacial score (nSPS) is 10.8. The van der Waals surface area contributed by atoms with E-state index in [-0.39, 0.29) is 16.9 Å². The van der Waals surface area contributed by atoms with Gasteiger partial charge in [0.2, 0.25) is 0 Å². The fraction of sp³-hybridized carbons (Fsp3) is 0.0667. The van der Waals surface area contributed by atoms with Crippen LogP contribution in [-0.4, -0.2) is 14.8 Å². The van der Waals surface area contributed by atoms with E-state index in [4.69, 9.17) is 5.73 Å². The second kappa shape index (κ2) is 4.97. The van der Waals surface area contributed by atoms with Gasteiger partial charge in [-0.25, -0.2) is 18.4 Å². The molecule has 2 heterocycles. The number of aromatic nitrogens is 3. The van der Waals surface area contributed by atoms with Gasteiger partial charge >= 0.3 is 0 Å². The number of nitrogens with zero attached hydrogens (tertiary/aromatic N) is 3. The number of anilines is 1. The summed E-state index contributed by atoms with van der Waals surface area (Å²) in [7, 11) is 0. The number of benzene rings is 1. The minimum atomic E-state index is -0.578. The Morgan fingerprint density at radius 1 is 1.14 bits per heavy atom. The van der Waals surface area contributed by atoms with Gasteiger partial charge in [0.15, 0.2) is 5.82 Å². The van der Waals surface area contributed by atoms with Crippen LogP contribution in [0.2, 0.25) is 0 Å². The van der Waals surface area contributed by atoms with Gasteiger partial charge in [-0.15, -0.1) is 0 Å². The van der Waals surface area contributed by atoms with Gasteiger partial charge in [-0.05, 0) is 42.8 Å². The number of hydrogen-bond donors (Lipinski definition) is 1. The largest absolute Gasteiger partial charge is 0.396 e. The molecule has 3 aromatic rings. The van der Waals surface area contributed by atoms with Crippen molar-refractivity contribution < 1.29 is 8.78 Å². The number of aryl methyl sites for hydroxylation is 1. The molecule has 0 bridgehead atoms. The number of pyridine rings is 1. The molecule has 0 saturated carbocycles. The summed E-state index contributed by atoms with van der Waals surface area (Å²) in [5.74, 6) is -0.565. The van der Waals surface area contributed by atoms with E-state index in [1.165, 1.54) is 10.9 Å². The Hall–Kier alpha value is -2.76. The fourth-order valence-corrected chi connectivity index (χ4v) is 2.04. The summed E-state index contributed by atoms with van der Waals surface area (Å²) in [6.45, 7) is 1.92. The lowest BCUT2D eigenvalue weighted by atomic mass is 10.1. The van der Waals surface area contributed by atoms with E-state index < -0.39 is 11.6 Å². The van der Waals surface area contributed by atoms with Crippen molar-refractivity contribution in [2.45, 2.75) is 6.92 Å². The van der Waals surface area contributed by atoms with Crippen molar-refractivity contribution in [2.24, 2.45) is 0 Å². The molecule has 2 N–H and O–H groups in total. The predicted molar refractivity (Wildman–Crippen MR) is 75.9 cm³/mol. The van der Waals surface area contributed by atoms with Crippen molar-refractivity contribution in [2.75, 3.05) is 5.73 Å². The summed E-state index contributed by atoms with van der Waals surface area (Å²) >= 11 is 0. The minimum Gasteiger partial charge on any atom is -0.396 e. The molecule has 0 unspecified atom stereocenters. The van der Waals surface area contributed by atoms with Crippen molar-refractivity contribution in [3.8, 4) is 17.1 Å². The monoisotopic (exact) mass is 286 g/mol. The first kappa shape index (κ1) is 13.2. The summed E-state index contributed by atoms with van der Waals surface area (Å²) in [4.78, 5) is 4.17. The van der Waals surface area contributed by atoms with Crippen LogP contribution in [0.15, 0.2) is 42.7 Å². The molecule has 6 heteroatoms. The third-order valence-electron chi connectivity index (χ3n) is 3.06. The Kier molecular flexibility index (Phi) is 3.13. The van der Waals surface area contributed by atoms with Gasteiger partial charge in [0.1, 0.15) is 17.3 Å². The molecule has 106 valence electrons. The second-order valence-corrected chi connectivity index (χ2v) is 4.69. The van der Waals surface area contributed by atoms with Crippen LogP contribution in [0.5, 0.6) is 0 Å². The number of nitrogens with two attached hydrogens (primary N) is 1. The predicted octanol–water partition coefficient (Wildman–Crippen LogP) is 3.10. The molecule has 0 aliphatic rings. The molecule has 0 radical (unpaired) electrons. The molecule has 0 spiro atoms. The molecule has 1 aromatic carbocycles. The van der Waals surface area contributed by atoms with Gasteiger partial charge in [0.25, 0.3) is 0 Å². The molecule has 21 heavy (non-hydrogen) atoms. The highest BCUT2D eigenvalue weighted by Gasteiger charge is 2.15. The Morgan fingerprint density at radius 3 is 2.71 bits per heavy atom. The van der Waals surface area contributed by atoms with Crippen molar-refractivity contribution in [1.29, 1.82) is 0 Å². The van der Waals surface area contributed by atoms with Gasteiger partial charge in [0, 0.05) is 11.8 Å². The summed E-state index contributed by atoms with van der Waals surface area (Å²) < 4.78 is 28.6. The zero-order valence-corrected chi connectivity index (χ0v) is 11.2. The summed E-state index contributed by atoms with van der Waals surface area (Å²) in [5, 5.41) is 4.22. The van der Waals surface area contributed by atoms with Crippen molar-refractivity contribution in [3.63, 3.8) is 0 Å². The second-order valence-electron chi connectivity index (χ2n) is 4.69. The van der Waals surface area contributed by atoms with Crippen LogP contribution < -0.4 is 5.73 Å². The minimum absolute atomic E-state index is 0.0268. The molecular formula is C15H12F2N4. The van der Waals surface area contributed by atoms with Crippen LogP contribution in [0.25, 0.3) is 17.1 Å². The zero-order valence-electron chi connectivity index (χ0n) is 11.2. The Bertz CT molecular complexity index is 811. The molecule has 0 atom stereocenters. The molecule has 0 aliphatic carbocycles. The van der Waals surface area contributed by atoms with Crippen LogP contribution in [0.3, 0.4) is 0 Å². The number of halogens is 2. The van der Waals surface area contributed by atoms with Crippen LogP contribution in [0.4, 0.5) is 14.5 Å². The van der Waals surface area contributed by atoms with Crippen LogP contribution >= 0.6 is 0 Å². The summed E-state index contributed by atoms with van der Waals surface area (Å²) in [5.41, 5.74) is 7.34. The van der Waals surface area contributed by atoms with Gasteiger partial charge < -0.3 is 5.73 Å². The Morgan fingerprint density at radius 2 is 1.95 bits per heavy atom. The Labute approximate surface area is 119 Å². The van der Waals surface area contributed by atoms with E-state index in [1.807, 2.05) is 19.1 Å². The molecule has 2 aromatic heterocycles. The lowest BCUT2D eigenvalue weighted by Gasteiger charge is -2.02. The average Bonchev–Trinajstić information content (AvgIpc) is 2.83. The van der Waals surface area contributed by atoms with Crippen molar-refractivity contribution in [3.05, 3.63) is 59.9 Å². The summed E-state index contributed by atoms with van der Waals surface area (Å²) in [6, 6.07) is 6.84. The third-order valence-corrected chi connectivity index (χ3v) is 3.06. The maximum absolute atomic E-state index is 13.8. The standard InChI is InChI=1S/C15H12F2N4/c1-9-4-5-19-14(6-9)21-8-13(18)15(20-21)11-7-10(16)2-3-12(11)17/h2-8H,18H2,1H3. The van der Waals surface area contributed by atoms with Crippen LogP contribution in [-0.2, 0) is 0 Å². The number of rotatable bonds is 2. The van der Waals surface area contributed by atoms with E-state index in [1.54, 1.807) is 6.20 Å². The summed E-state index contributed by atoms with van der Waals surface area (Å²) in [6.07, 6.45) is 3.17. The first-order valence-corrected chi connectivity index (χ1v) is 6.28. The van der Waals surface area contributed by atoms with Crippen LogP contribution in [0.1, 0.15) is 5.56 Å². The number of hydrogen-bond acceptors (Lipinski definition) is 3. The molecular weight excluding hydrogens is 274 g/mol. The quantitative estimate of drug-likeness (QED) is 0.787. The topological polar surface area (TPSA) is 56.7 Å². The highest BCUT2D eigenvalue weighted by Crippen LogP contribution is 2.28.